The van der Waals surface area contributed by atoms with Crippen molar-refractivity contribution < 1.29 is 14.3 Å². The Morgan fingerprint density at radius 2 is 2.14 bits per heavy atom. The van der Waals surface area contributed by atoms with E-state index in [9.17, 15) is 4.79 Å². The number of nitrogens with one attached hydrogen (secondary N) is 2. The summed E-state index contributed by atoms with van der Waals surface area (Å²) in [6.45, 7) is 6.54. The molecule has 5 nitrogen and oxygen atoms in total. The maximum atomic E-state index is 11.8. The highest BCUT2D eigenvalue weighted by molar-refractivity contribution is 5.85. The summed E-state index contributed by atoms with van der Waals surface area (Å²) in [5, 5.41) is 6.21. The summed E-state index contributed by atoms with van der Waals surface area (Å²) in [5.74, 6) is 0.837. The van der Waals surface area contributed by atoms with E-state index in [2.05, 4.69) is 10.6 Å². The average molecular weight is 292 g/mol. The van der Waals surface area contributed by atoms with E-state index in [4.69, 9.17) is 9.47 Å². The minimum Gasteiger partial charge on any atom is -0.496 e. The average Bonchev–Trinajstić information content (AvgIpc) is 2.90. The zero-order valence-corrected chi connectivity index (χ0v) is 13.2. The zero-order chi connectivity index (χ0) is 15.5. The number of rotatable bonds is 3. The Balaban J connectivity index is 2.13. The Labute approximate surface area is 126 Å². The highest BCUT2D eigenvalue weighted by Crippen LogP contribution is 2.33. The highest BCUT2D eigenvalue weighted by atomic mass is 16.6. The van der Waals surface area contributed by atoms with Gasteiger partial charge in [-0.3, -0.25) is 5.32 Å². The Hall–Kier alpha value is -1.75. The summed E-state index contributed by atoms with van der Waals surface area (Å²) in [5.41, 5.74) is 1.28. The highest BCUT2D eigenvalue weighted by Gasteiger charge is 2.21. The first-order chi connectivity index (χ1) is 9.89. The molecule has 5 heteroatoms. The molecule has 0 bridgehead atoms. The number of carbonyl (C=O) groups excluding carboxylic acids is 1. The predicted molar refractivity (Wildman–Crippen MR) is 82.8 cm³/mol. The van der Waals surface area contributed by atoms with Crippen LogP contribution in [0.2, 0.25) is 0 Å². The van der Waals surface area contributed by atoms with Gasteiger partial charge in [0.25, 0.3) is 0 Å². The lowest BCUT2D eigenvalue weighted by Gasteiger charge is -2.20. The van der Waals surface area contributed by atoms with Gasteiger partial charge in [-0.2, -0.15) is 0 Å². The predicted octanol–water partition coefficient (Wildman–Crippen LogP) is 3.47. The topological polar surface area (TPSA) is 59.6 Å². The molecule has 1 unspecified atom stereocenters. The largest absolute Gasteiger partial charge is 0.496 e. The van der Waals surface area contributed by atoms with Crippen molar-refractivity contribution >= 4 is 11.8 Å². The van der Waals surface area contributed by atoms with Crippen LogP contribution in [0.5, 0.6) is 5.75 Å². The van der Waals surface area contributed by atoms with E-state index < -0.39 is 11.7 Å². The molecule has 0 saturated carbocycles. The van der Waals surface area contributed by atoms with Crippen LogP contribution in [0.15, 0.2) is 18.2 Å². The van der Waals surface area contributed by atoms with Crippen molar-refractivity contribution in [2.75, 3.05) is 19.0 Å². The number of hydrogen-bond acceptors (Lipinski definition) is 4. The maximum Gasteiger partial charge on any atom is 0.412 e. The van der Waals surface area contributed by atoms with E-state index in [1.54, 1.807) is 7.11 Å². The lowest BCUT2D eigenvalue weighted by molar-refractivity contribution is 0.0636. The first-order valence-electron chi connectivity index (χ1n) is 7.30. The molecule has 2 rings (SSSR count). The molecule has 116 valence electrons. The molecule has 0 spiro atoms. The first-order valence-corrected chi connectivity index (χ1v) is 7.30. The lowest BCUT2D eigenvalue weighted by Crippen LogP contribution is -2.27. The molecule has 0 aromatic heterocycles. The second kappa shape index (κ2) is 6.35. The molecule has 0 aliphatic carbocycles. The number of carbonyl (C=O) groups is 1. The maximum absolute atomic E-state index is 11.8. The van der Waals surface area contributed by atoms with Crippen molar-refractivity contribution in [2.24, 2.45) is 0 Å². The van der Waals surface area contributed by atoms with E-state index in [1.165, 1.54) is 0 Å². The van der Waals surface area contributed by atoms with Gasteiger partial charge in [0, 0.05) is 17.3 Å². The fraction of sp³-hybridized carbons (Fsp3) is 0.562. The molecule has 1 aliphatic heterocycles. The van der Waals surface area contributed by atoms with Crippen LogP contribution in [0.25, 0.3) is 0 Å². The lowest BCUT2D eigenvalue weighted by atomic mass is 10.0. The van der Waals surface area contributed by atoms with Crippen LogP contribution in [0, 0.1) is 0 Å². The smallest absolute Gasteiger partial charge is 0.412 e. The quantitative estimate of drug-likeness (QED) is 0.895. The third kappa shape index (κ3) is 4.36. The second-order valence-electron chi connectivity index (χ2n) is 6.23. The van der Waals surface area contributed by atoms with Gasteiger partial charge in [0.05, 0.1) is 7.11 Å². The summed E-state index contributed by atoms with van der Waals surface area (Å²) in [6, 6.07) is 5.93. The SMILES string of the molecule is COc1ccc(NC(=O)OC(C)(C)C)cc1C1CCCN1. The van der Waals surface area contributed by atoms with Gasteiger partial charge < -0.3 is 14.8 Å². The summed E-state index contributed by atoms with van der Waals surface area (Å²) in [6.07, 6.45) is 1.78. The molecule has 1 aromatic rings. The monoisotopic (exact) mass is 292 g/mol. The van der Waals surface area contributed by atoms with E-state index in [-0.39, 0.29) is 6.04 Å². The zero-order valence-electron chi connectivity index (χ0n) is 13.2. The Kier molecular flexibility index (Phi) is 4.73. The van der Waals surface area contributed by atoms with Gasteiger partial charge in [-0.25, -0.2) is 4.79 Å². The normalized spacial score (nSPS) is 18.4. The van der Waals surface area contributed by atoms with Gasteiger partial charge in [-0.1, -0.05) is 0 Å². The van der Waals surface area contributed by atoms with Crippen LogP contribution >= 0.6 is 0 Å². The molecular weight excluding hydrogens is 268 g/mol. The molecule has 1 saturated heterocycles. The summed E-state index contributed by atoms with van der Waals surface area (Å²) < 4.78 is 10.7. The van der Waals surface area contributed by atoms with Crippen molar-refractivity contribution in [3.63, 3.8) is 0 Å². The fourth-order valence-corrected chi connectivity index (χ4v) is 2.46. The standard InChI is InChI=1S/C16H24N2O3/c1-16(2,3)21-15(19)18-11-7-8-14(20-4)12(10-11)13-6-5-9-17-13/h7-8,10,13,17H,5-6,9H2,1-4H3,(H,18,19). The molecule has 2 N–H and O–H groups in total. The van der Waals surface area contributed by atoms with E-state index in [0.717, 1.165) is 30.7 Å². The number of ether oxygens (including phenoxy) is 2. The molecule has 0 radical (unpaired) electrons. The summed E-state index contributed by atoms with van der Waals surface area (Å²) >= 11 is 0. The van der Waals surface area contributed by atoms with Crippen LogP contribution in [-0.2, 0) is 4.74 Å². The van der Waals surface area contributed by atoms with E-state index in [0.29, 0.717) is 5.69 Å². The van der Waals surface area contributed by atoms with Crippen molar-refractivity contribution in [1.29, 1.82) is 0 Å². The van der Waals surface area contributed by atoms with Gasteiger partial charge >= 0.3 is 6.09 Å². The van der Waals surface area contributed by atoms with Crippen molar-refractivity contribution in [2.45, 2.75) is 45.3 Å². The van der Waals surface area contributed by atoms with Crippen molar-refractivity contribution in [3.8, 4) is 5.75 Å². The number of amides is 1. The van der Waals surface area contributed by atoms with E-state index >= 15 is 0 Å². The van der Waals surface area contributed by atoms with E-state index in [1.807, 2.05) is 39.0 Å². The third-order valence-corrected chi connectivity index (χ3v) is 3.31. The third-order valence-electron chi connectivity index (χ3n) is 3.31. The fourth-order valence-electron chi connectivity index (χ4n) is 2.46. The molecule has 1 aromatic carbocycles. The van der Waals surface area contributed by atoms with Gasteiger partial charge in [-0.05, 0) is 58.4 Å². The number of methoxy groups -OCH3 is 1. The van der Waals surface area contributed by atoms with Gasteiger partial charge in [0.1, 0.15) is 11.4 Å². The summed E-state index contributed by atoms with van der Waals surface area (Å²) in [4.78, 5) is 11.8. The molecule has 1 aliphatic rings. The van der Waals surface area contributed by atoms with Crippen molar-refractivity contribution in [1.82, 2.24) is 5.32 Å². The molecule has 1 amide bonds. The molecule has 1 heterocycles. The first kappa shape index (κ1) is 15.6. The van der Waals surface area contributed by atoms with Crippen LogP contribution in [0.1, 0.15) is 45.2 Å². The summed E-state index contributed by atoms with van der Waals surface area (Å²) in [7, 11) is 1.66. The number of anilines is 1. The Bertz CT molecular complexity index is 503. The van der Waals surface area contributed by atoms with Gasteiger partial charge in [0.15, 0.2) is 0 Å². The Morgan fingerprint density at radius 3 is 2.71 bits per heavy atom. The molecule has 21 heavy (non-hydrogen) atoms. The van der Waals surface area contributed by atoms with Gasteiger partial charge in [-0.15, -0.1) is 0 Å². The number of benzene rings is 1. The van der Waals surface area contributed by atoms with Gasteiger partial charge in [0.2, 0.25) is 0 Å². The Morgan fingerprint density at radius 1 is 1.38 bits per heavy atom. The van der Waals surface area contributed by atoms with Crippen LogP contribution < -0.4 is 15.4 Å². The molecular formula is C16H24N2O3. The van der Waals surface area contributed by atoms with Crippen LogP contribution in [-0.4, -0.2) is 25.3 Å². The minimum atomic E-state index is -0.508. The van der Waals surface area contributed by atoms with Crippen LogP contribution in [0.3, 0.4) is 0 Å². The molecule has 1 fully saturated rings. The second-order valence-corrected chi connectivity index (χ2v) is 6.23. The minimum absolute atomic E-state index is 0.278. The van der Waals surface area contributed by atoms with Crippen molar-refractivity contribution in [3.05, 3.63) is 23.8 Å². The van der Waals surface area contributed by atoms with Crippen LogP contribution in [0.4, 0.5) is 10.5 Å². The molecule has 1 atom stereocenters. The number of hydrogen-bond donors (Lipinski definition) is 2.